The highest BCUT2D eigenvalue weighted by atomic mass is 79.9. The molecule has 2 rings (SSSR count). The van der Waals surface area contributed by atoms with Crippen molar-refractivity contribution in [3.05, 3.63) is 34.1 Å². The number of halogens is 2. The van der Waals surface area contributed by atoms with Crippen LogP contribution in [0.5, 0.6) is 0 Å². The van der Waals surface area contributed by atoms with Crippen molar-refractivity contribution in [2.75, 3.05) is 6.54 Å². The summed E-state index contributed by atoms with van der Waals surface area (Å²) < 4.78 is 13.8. The van der Waals surface area contributed by atoms with Gasteiger partial charge in [0.2, 0.25) is 0 Å². The number of hydrogen-bond donors (Lipinski definition) is 1. The van der Waals surface area contributed by atoms with Gasteiger partial charge in [-0.05, 0) is 65.7 Å². The molecule has 104 valence electrons. The van der Waals surface area contributed by atoms with E-state index in [0.29, 0.717) is 16.8 Å². The molecule has 2 N–H and O–H groups in total. The fourth-order valence-corrected chi connectivity index (χ4v) is 3.14. The van der Waals surface area contributed by atoms with Crippen LogP contribution in [0, 0.1) is 17.7 Å². The van der Waals surface area contributed by atoms with Crippen LogP contribution in [-0.4, -0.2) is 12.3 Å². The van der Waals surface area contributed by atoms with Crippen LogP contribution >= 0.6 is 15.9 Å². The zero-order chi connectivity index (χ0) is 13.8. The summed E-state index contributed by atoms with van der Waals surface area (Å²) in [5, 5.41) is 0. The SMILES string of the molecule is NCC1CCC(C(=O)Cc2cccc(F)c2Br)CC1. The third kappa shape index (κ3) is 3.63. The molecule has 4 heteroatoms. The van der Waals surface area contributed by atoms with Gasteiger partial charge in [0.05, 0.1) is 4.47 Å². The minimum Gasteiger partial charge on any atom is -0.330 e. The zero-order valence-electron chi connectivity index (χ0n) is 10.9. The first-order valence-corrected chi connectivity index (χ1v) is 7.56. The Labute approximate surface area is 121 Å². The summed E-state index contributed by atoms with van der Waals surface area (Å²) in [6.07, 6.45) is 4.24. The zero-order valence-corrected chi connectivity index (χ0v) is 12.5. The van der Waals surface area contributed by atoms with Crippen LogP contribution in [0.2, 0.25) is 0 Å². The molecule has 0 aromatic heterocycles. The van der Waals surface area contributed by atoms with E-state index in [1.165, 1.54) is 6.07 Å². The normalized spacial score (nSPS) is 23.3. The van der Waals surface area contributed by atoms with Gasteiger partial charge in [0.25, 0.3) is 0 Å². The molecule has 0 bridgehead atoms. The van der Waals surface area contributed by atoms with E-state index in [0.717, 1.165) is 37.8 Å². The van der Waals surface area contributed by atoms with E-state index >= 15 is 0 Å². The van der Waals surface area contributed by atoms with E-state index in [9.17, 15) is 9.18 Å². The lowest BCUT2D eigenvalue weighted by molar-refractivity contribution is -0.123. The van der Waals surface area contributed by atoms with Crippen LogP contribution in [-0.2, 0) is 11.2 Å². The number of hydrogen-bond acceptors (Lipinski definition) is 2. The third-order valence-corrected chi connectivity index (χ3v) is 4.92. The largest absolute Gasteiger partial charge is 0.330 e. The molecule has 0 amide bonds. The van der Waals surface area contributed by atoms with Crippen molar-refractivity contribution in [2.45, 2.75) is 32.1 Å². The molecule has 19 heavy (non-hydrogen) atoms. The summed E-state index contributed by atoms with van der Waals surface area (Å²) in [5.74, 6) is 0.613. The van der Waals surface area contributed by atoms with Gasteiger partial charge in [0, 0.05) is 12.3 Å². The topological polar surface area (TPSA) is 43.1 Å². The number of carbonyl (C=O) groups is 1. The molecule has 2 nitrogen and oxygen atoms in total. The first-order chi connectivity index (χ1) is 9.11. The van der Waals surface area contributed by atoms with Crippen molar-refractivity contribution in [3.63, 3.8) is 0 Å². The highest BCUT2D eigenvalue weighted by Crippen LogP contribution is 2.30. The summed E-state index contributed by atoms with van der Waals surface area (Å²) in [4.78, 5) is 12.3. The Bertz CT molecular complexity index is 455. The standard InChI is InChI=1S/C15H19BrFNO/c16-15-12(2-1-3-13(15)17)8-14(19)11-6-4-10(9-18)5-7-11/h1-3,10-11H,4-9,18H2. The third-order valence-electron chi connectivity index (χ3n) is 4.03. The van der Waals surface area contributed by atoms with Crippen molar-refractivity contribution in [1.29, 1.82) is 0 Å². The second-order valence-corrected chi connectivity index (χ2v) is 6.10. The van der Waals surface area contributed by atoms with Gasteiger partial charge in [-0.2, -0.15) is 0 Å². The Morgan fingerprint density at radius 1 is 1.32 bits per heavy atom. The Hall–Kier alpha value is -0.740. The minimum absolute atomic E-state index is 0.123. The smallest absolute Gasteiger partial charge is 0.140 e. The monoisotopic (exact) mass is 327 g/mol. The number of Topliss-reactive ketones (excluding diaryl/α,β-unsaturated/α-hetero) is 1. The van der Waals surface area contributed by atoms with Crippen molar-refractivity contribution in [2.24, 2.45) is 17.6 Å². The Kier molecular flexibility index (Phi) is 5.11. The molecule has 0 atom stereocenters. The predicted octanol–water partition coefficient (Wildman–Crippen LogP) is 3.46. The van der Waals surface area contributed by atoms with Crippen molar-refractivity contribution < 1.29 is 9.18 Å². The summed E-state index contributed by atoms with van der Waals surface area (Å²) in [5.41, 5.74) is 6.39. The van der Waals surface area contributed by atoms with E-state index in [-0.39, 0.29) is 17.5 Å². The fourth-order valence-electron chi connectivity index (χ4n) is 2.74. The molecule has 1 aromatic carbocycles. The molecule has 1 saturated carbocycles. The highest BCUT2D eigenvalue weighted by Gasteiger charge is 2.26. The number of rotatable bonds is 4. The Morgan fingerprint density at radius 3 is 2.63 bits per heavy atom. The van der Waals surface area contributed by atoms with Gasteiger partial charge >= 0.3 is 0 Å². The summed E-state index contributed by atoms with van der Waals surface area (Å²) in [6.45, 7) is 0.719. The second-order valence-electron chi connectivity index (χ2n) is 5.31. The lowest BCUT2D eigenvalue weighted by Gasteiger charge is -2.26. The van der Waals surface area contributed by atoms with Crippen molar-refractivity contribution in [3.8, 4) is 0 Å². The number of ketones is 1. The lowest BCUT2D eigenvalue weighted by Crippen LogP contribution is -2.26. The fraction of sp³-hybridized carbons (Fsp3) is 0.533. The minimum atomic E-state index is -0.308. The Balaban J connectivity index is 1.96. The molecule has 0 aliphatic heterocycles. The molecule has 1 fully saturated rings. The van der Waals surface area contributed by atoms with Gasteiger partial charge in [0.15, 0.2) is 0 Å². The van der Waals surface area contributed by atoms with E-state index in [2.05, 4.69) is 15.9 Å². The lowest BCUT2D eigenvalue weighted by atomic mass is 9.79. The van der Waals surface area contributed by atoms with Crippen LogP contribution in [0.4, 0.5) is 4.39 Å². The average Bonchev–Trinajstić information content (AvgIpc) is 2.44. The maximum absolute atomic E-state index is 13.4. The van der Waals surface area contributed by atoms with Gasteiger partial charge in [-0.3, -0.25) is 4.79 Å². The predicted molar refractivity (Wildman–Crippen MR) is 77.3 cm³/mol. The van der Waals surface area contributed by atoms with Gasteiger partial charge in [0.1, 0.15) is 11.6 Å². The van der Waals surface area contributed by atoms with Crippen LogP contribution in [0.15, 0.2) is 22.7 Å². The molecule has 0 saturated heterocycles. The molecular formula is C15H19BrFNO. The maximum atomic E-state index is 13.4. The number of benzene rings is 1. The molecule has 0 spiro atoms. The molecule has 0 unspecified atom stereocenters. The molecule has 1 aliphatic carbocycles. The summed E-state index contributed by atoms with van der Waals surface area (Å²) >= 11 is 3.21. The second kappa shape index (κ2) is 6.62. The first kappa shape index (κ1) is 14.7. The molecular weight excluding hydrogens is 309 g/mol. The van der Waals surface area contributed by atoms with Crippen LogP contribution in [0.3, 0.4) is 0 Å². The quantitative estimate of drug-likeness (QED) is 0.920. The molecule has 1 aromatic rings. The van der Waals surface area contributed by atoms with Crippen molar-refractivity contribution >= 4 is 21.7 Å². The molecule has 0 radical (unpaired) electrons. The van der Waals surface area contributed by atoms with E-state index < -0.39 is 0 Å². The highest BCUT2D eigenvalue weighted by molar-refractivity contribution is 9.10. The summed E-state index contributed by atoms with van der Waals surface area (Å²) in [6, 6.07) is 4.84. The summed E-state index contributed by atoms with van der Waals surface area (Å²) in [7, 11) is 0. The van der Waals surface area contributed by atoms with E-state index in [4.69, 9.17) is 5.73 Å². The van der Waals surface area contributed by atoms with Crippen molar-refractivity contribution in [1.82, 2.24) is 0 Å². The van der Waals surface area contributed by atoms with Gasteiger partial charge in [-0.25, -0.2) is 4.39 Å². The average molecular weight is 328 g/mol. The van der Waals surface area contributed by atoms with Crippen LogP contribution in [0.25, 0.3) is 0 Å². The van der Waals surface area contributed by atoms with Gasteiger partial charge < -0.3 is 5.73 Å². The molecule has 1 aliphatic rings. The maximum Gasteiger partial charge on any atom is 0.140 e. The van der Waals surface area contributed by atoms with Crippen LogP contribution < -0.4 is 5.73 Å². The van der Waals surface area contributed by atoms with Crippen LogP contribution in [0.1, 0.15) is 31.2 Å². The number of carbonyl (C=O) groups excluding carboxylic acids is 1. The van der Waals surface area contributed by atoms with Gasteiger partial charge in [-0.1, -0.05) is 12.1 Å². The van der Waals surface area contributed by atoms with E-state index in [1.807, 2.05) is 0 Å². The number of nitrogens with two attached hydrogens (primary N) is 1. The first-order valence-electron chi connectivity index (χ1n) is 6.77. The van der Waals surface area contributed by atoms with Gasteiger partial charge in [-0.15, -0.1) is 0 Å². The molecule has 0 heterocycles. The Morgan fingerprint density at radius 2 is 2.00 bits per heavy atom. The van der Waals surface area contributed by atoms with E-state index in [1.54, 1.807) is 12.1 Å².